The zero-order valence-corrected chi connectivity index (χ0v) is 11.2. The van der Waals surface area contributed by atoms with Gasteiger partial charge in [-0.05, 0) is 42.9 Å². The summed E-state index contributed by atoms with van der Waals surface area (Å²) in [4.78, 5) is 11.0. The highest BCUT2D eigenvalue weighted by Gasteiger charge is 2.16. The Kier molecular flexibility index (Phi) is 5.69. The molecule has 0 saturated carbocycles. The number of benzene rings is 1. The molecule has 100 valence electrons. The van der Waals surface area contributed by atoms with Crippen molar-refractivity contribution in [2.45, 2.75) is 52.4 Å². The molecule has 0 saturated heterocycles. The van der Waals surface area contributed by atoms with Gasteiger partial charge in [0, 0.05) is 0 Å². The normalized spacial score (nSPS) is 10.6. The first-order chi connectivity index (χ1) is 8.61. The van der Waals surface area contributed by atoms with Gasteiger partial charge in [-0.3, -0.25) is 0 Å². The molecule has 0 aromatic heterocycles. The third-order valence-electron chi connectivity index (χ3n) is 3.19. The van der Waals surface area contributed by atoms with Crippen LogP contribution in [0.25, 0.3) is 0 Å². The highest BCUT2D eigenvalue weighted by Crippen LogP contribution is 2.29. The molecule has 0 aliphatic carbocycles. The molecule has 2 N–H and O–H groups in total. The zero-order chi connectivity index (χ0) is 13.5. The molecule has 0 radical (unpaired) electrons. The number of hydrogen-bond donors (Lipinski definition) is 2. The predicted octanol–water partition coefficient (Wildman–Crippen LogP) is 3.78. The van der Waals surface area contributed by atoms with Gasteiger partial charge in [-0.1, -0.05) is 32.8 Å². The second-order valence-electron chi connectivity index (χ2n) is 4.61. The van der Waals surface area contributed by atoms with E-state index in [2.05, 4.69) is 13.8 Å². The first-order valence-corrected chi connectivity index (χ1v) is 6.68. The Balaban J connectivity index is 3.09. The molecule has 0 aliphatic heterocycles. The van der Waals surface area contributed by atoms with E-state index in [1.165, 1.54) is 6.07 Å². The number of aromatic hydroxyl groups is 1. The molecule has 0 bridgehead atoms. The molecule has 0 amide bonds. The molecule has 0 aliphatic rings. The van der Waals surface area contributed by atoms with Crippen molar-refractivity contribution in [1.29, 1.82) is 0 Å². The van der Waals surface area contributed by atoms with Crippen LogP contribution in [-0.2, 0) is 12.8 Å². The average molecular weight is 250 g/mol. The molecule has 1 aromatic carbocycles. The molecule has 1 aromatic rings. The summed E-state index contributed by atoms with van der Waals surface area (Å²) in [6, 6.07) is 3.36. The van der Waals surface area contributed by atoms with Crippen LogP contribution in [0.2, 0.25) is 0 Å². The summed E-state index contributed by atoms with van der Waals surface area (Å²) in [5, 5.41) is 19.1. The van der Waals surface area contributed by atoms with Crippen LogP contribution in [-0.4, -0.2) is 16.2 Å². The number of carboxylic acids is 1. The highest BCUT2D eigenvalue weighted by atomic mass is 16.4. The van der Waals surface area contributed by atoms with Crippen LogP contribution >= 0.6 is 0 Å². The first-order valence-electron chi connectivity index (χ1n) is 6.68. The van der Waals surface area contributed by atoms with Crippen molar-refractivity contribution in [3.05, 3.63) is 28.8 Å². The number of aromatic carboxylic acids is 1. The van der Waals surface area contributed by atoms with E-state index in [0.29, 0.717) is 0 Å². The number of hydrogen-bond acceptors (Lipinski definition) is 2. The molecule has 0 atom stereocenters. The van der Waals surface area contributed by atoms with Crippen molar-refractivity contribution in [3.8, 4) is 5.75 Å². The van der Waals surface area contributed by atoms with Crippen molar-refractivity contribution in [2.24, 2.45) is 0 Å². The molecule has 0 unspecified atom stereocenters. The Morgan fingerprint density at radius 3 is 2.28 bits per heavy atom. The van der Waals surface area contributed by atoms with Gasteiger partial charge in [0.1, 0.15) is 11.3 Å². The van der Waals surface area contributed by atoms with Gasteiger partial charge in [0.2, 0.25) is 0 Å². The van der Waals surface area contributed by atoms with Crippen LogP contribution in [0.5, 0.6) is 5.75 Å². The maximum absolute atomic E-state index is 11.0. The van der Waals surface area contributed by atoms with Gasteiger partial charge in [-0.25, -0.2) is 4.79 Å². The molecule has 3 nitrogen and oxygen atoms in total. The van der Waals surface area contributed by atoms with Crippen molar-refractivity contribution in [2.75, 3.05) is 0 Å². The van der Waals surface area contributed by atoms with Crippen molar-refractivity contribution >= 4 is 5.97 Å². The minimum Gasteiger partial charge on any atom is -0.507 e. The second-order valence-corrected chi connectivity index (χ2v) is 4.61. The van der Waals surface area contributed by atoms with E-state index < -0.39 is 5.97 Å². The number of rotatable bonds is 7. The summed E-state index contributed by atoms with van der Waals surface area (Å²) in [5.74, 6) is -1.10. The van der Waals surface area contributed by atoms with Crippen LogP contribution in [0.4, 0.5) is 0 Å². The quantitative estimate of drug-likeness (QED) is 0.774. The number of unbranched alkanes of at least 4 members (excludes halogenated alkanes) is 2. The van der Waals surface area contributed by atoms with Gasteiger partial charge in [-0.2, -0.15) is 0 Å². The SMILES string of the molecule is CCCCc1ccc(C(=O)O)c(O)c1CCCC. The first kappa shape index (κ1) is 14.6. The Labute approximate surface area is 108 Å². The van der Waals surface area contributed by atoms with Gasteiger partial charge in [-0.15, -0.1) is 0 Å². The van der Waals surface area contributed by atoms with Crippen LogP contribution in [0.1, 0.15) is 61.0 Å². The lowest BCUT2D eigenvalue weighted by molar-refractivity contribution is 0.0693. The fourth-order valence-corrected chi connectivity index (χ4v) is 2.08. The van der Waals surface area contributed by atoms with Crippen LogP contribution in [0.3, 0.4) is 0 Å². The van der Waals surface area contributed by atoms with E-state index in [1.54, 1.807) is 0 Å². The smallest absolute Gasteiger partial charge is 0.339 e. The molecule has 1 rings (SSSR count). The van der Waals surface area contributed by atoms with E-state index in [-0.39, 0.29) is 11.3 Å². The van der Waals surface area contributed by atoms with Crippen molar-refractivity contribution < 1.29 is 15.0 Å². The fraction of sp³-hybridized carbons (Fsp3) is 0.533. The van der Waals surface area contributed by atoms with Gasteiger partial charge in [0.15, 0.2) is 0 Å². The van der Waals surface area contributed by atoms with Crippen LogP contribution < -0.4 is 0 Å². The predicted molar refractivity (Wildman–Crippen MR) is 72.3 cm³/mol. The molecule has 18 heavy (non-hydrogen) atoms. The second kappa shape index (κ2) is 7.04. The van der Waals surface area contributed by atoms with Crippen LogP contribution in [0.15, 0.2) is 12.1 Å². The molecule has 0 heterocycles. The van der Waals surface area contributed by atoms with Gasteiger partial charge >= 0.3 is 5.97 Å². The van der Waals surface area contributed by atoms with Gasteiger partial charge in [0.25, 0.3) is 0 Å². The number of phenols is 1. The standard InChI is InChI=1S/C15H22O3/c1-3-5-7-11-9-10-13(15(17)18)14(16)12(11)8-6-4-2/h9-10,16H,3-8H2,1-2H3,(H,17,18). The maximum atomic E-state index is 11.0. The Bertz CT molecular complexity index is 410. The average Bonchev–Trinajstić information content (AvgIpc) is 2.34. The minimum atomic E-state index is -1.06. The summed E-state index contributed by atoms with van der Waals surface area (Å²) >= 11 is 0. The third-order valence-corrected chi connectivity index (χ3v) is 3.19. The van der Waals surface area contributed by atoms with Gasteiger partial charge < -0.3 is 10.2 Å². The molecular weight excluding hydrogens is 228 g/mol. The lowest BCUT2D eigenvalue weighted by Crippen LogP contribution is -2.03. The van der Waals surface area contributed by atoms with E-state index in [9.17, 15) is 9.90 Å². The Hall–Kier alpha value is -1.51. The number of aryl methyl sites for hydroxylation is 1. The third kappa shape index (κ3) is 3.49. The van der Waals surface area contributed by atoms with E-state index in [1.807, 2.05) is 6.07 Å². The Morgan fingerprint density at radius 1 is 1.11 bits per heavy atom. The van der Waals surface area contributed by atoms with E-state index >= 15 is 0 Å². The van der Waals surface area contributed by atoms with E-state index in [0.717, 1.165) is 49.7 Å². The monoisotopic (exact) mass is 250 g/mol. The largest absolute Gasteiger partial charge is 0.507 e. The lowest BCUT2D eigenvalue weighted by atomic mass is 9.94. The number of carboxylic acid groups (broad SMARTS) is 1. The topological polar surface area (TPSA) is 57.5 Å². The number of carbonyl (C=O) groups is 1. The van der Waals surface area contributed by atoms with Crippen molar-refractivity contribution in [3.63, 3.8) is 0 Å². The lowest BCUT2D eigenvalue weighted by Gasteiger charge is -2.13. The summed E-state index contributed by atoms with van der Waals surface area (Å²) in [6.45, 7) is 4.21. The Morgan fingerprint density at radius 2 is 1.72 bits per heavy atom. The fourth-order valence-electron chi connectivity index (χ4n) is 2.08. The molecular formula is C15H22O3. The van der Waals surface area contributed by atoms with Crippen LogP contribution in [0, 0.1) is 0 Å². The van der Waals surface area contributed by atoms with Gasteiger partial charge in [0.05, 0.1) is 0 Å². The van der Waals surface area contributed by atoms with E-state index in [4.69, 9.17) is 5.11 Å². The molecule has 0 fully saturated rings. The van der Waals surface area contributed by atoms with Crippen molar-refractivity contribution in [1.82, 2.24) is 0 Å². The molecule has 3 heteroatoms. The summed E-state index contributed by atoms with van der Waals surface area (Å²) in [5.41, 5.74) is 1.93. The maximum Gasteiger partial charge on any atom is 0.339 e. The highest BCUT2D eigenvalue weighted by molar-refractivity contribution is 5.91. The minimum absolute atomic E-state index is 0.0151. The molecule has 0 spiro atoms. The zero-order valence-electron chi connectivity index (χ0n) is 11.2. The summed E-state index contributed by atoms with van der Waals surface area (Å²) < 4.78 is 0. The summed E-state index contributed by atoms with van der Waals surface area (Å²) in [6.07, 6.45) is 5.81. The summed E-state index contributed by atoms with van der Waals surface area (Å²) in [7, 11) is 0.